The predicted molar refractivity (Wildman–Crippen MR) is 112 cm³/mol. The van der Waals surface area contributed by atoms with E-state index in [4.69, 9.17) is 19.7 Å². The van der Waals surface area contributed by atoms with E-state index in [0.29, 0.717) is 12.2 Å². The van der Waals surface area contributed by atoms with E-state index in [2.05, 4.69) is 43.3 Å². The Morgan fingerprint density at radius 3 is 2.10 bits per heavy atom. The number of hydrogen-bond donors (Lipinski definition) is 2. The van der Waals surface area contributed by atoms with E-state index in [1.165, 1.54) is 10.5 Å². The summed E-state index contributed by atoms with van der Waals surface area (Å²) in [5, 5.41) is 15.6. The topological polar surface area (TPSA) is 96.3 Å². The summed E-state index contributed by atoms with van der Waals surface area (Å²) in [6, 6.07) is 14.4. The van der Waals surface area contributed by atoms with Gasteiger partial charge >= 0.3 is 11.9 Å². The smallest absolute Gasteiger partial charge is 0.328 e. The van der Waals surface area contributed by atoms with Gasteiger partial charge in [-0.2, -0.15) is 0 Å². The highest BCUT2D eigenvalue weighted by atomic mass is 32.2. The zero-order valence-electron chi connectivity index (χ0n) is 16.8. The highest BCUT2D eigenvalue weighted by Crippen LogP contribution is 2.38. The molecule has 0 saturated carbocycles. The molecule has 0 atom stereocenters. The van der Waals surface area contributed by atoms with Gasteiger partial charge in [-0.15, -0.1) is 0 Å². The molecule has 0 fully saturated rings. The summed E-state index contributed by atoms with van der Waals surface area (Å²) in [5.74, 6) is -0.878. The molecule has 0 saturated heterocycles. The zero-order chi connectivity index (χ0) is 21.8. The lowest BCUT2D eigenvalue weighted by Gasteiger charge is -2.15. The molecule has 29 heavy (non-hydrogen) atoms. The molecule has 0 aliphatic rings. The highest BCUT2D eigenvalue weighted by Gasteiger charge is 2.10. The Labute approximate surface area is 174 Å². The van der Waals surface area contributed by atoms with Crippen LogP contribution in [-0.4, -0.2) is 55.4 Å². The molecule has 7 nitrogen and oxygen atoms in total. The van der Waals surface area contributed by atoms with Crippen LogP contribution in [0.3, 0.4) is 0 Å². The first-order chi connectivity index (χ1) is 13.8. The lowest BCUT2D eigenvalue weighted by Crippen LogP contribution is -2.11. The summed E-state index contributed by atoms with van der Waals surface area (Å²) < 4.78 is 10.7. The Morgan fingerprint density at radius 2 is 1.59 bits per heavy atom. The predicted octanol–water partition coefficient (Wildman–Crippen LogP) is 3.63. The molecular weight excluding hydrogens is 394 g/mol. The molecule has 2 N–H and O–H groups in total. The molecule has 0 bridgehead atoms. The minimum absolute atomic E-state index is 0.558. The third kappa shape index (κ3) is 9.18. The second-order valence-corrected chi connectivity index (χ2v) is 7.06. The van der Waals surface area contributed by atoms with Crippen LogP contribution in [0.2, 0.25) is 0 Å². The lowest BCUT2D eigenvalue weighted by molar-refractivity contribution is -0.134. The minimum Gasteiger partial charge on any atom is -0.497 e. The van der Waals surface area contributed by atoms with Gasteiger partial charge in [0.2, 0.25) is 0 Å². The summed E-state index contributed by atoms with van der Waals surface area (Å²) in [5.41, 5.74) is 1.31. The maximum Gasteiger partial charge on any atom is 0.328 e. The van der Waals surface area contributed by atoms with Gasteiger partial charge in [0.25, 0.3) is 0 Å². The minimum atomic E-state index is -1.26. The number of carboxylic acids is 2. The van der Waals surface area contributed by atoms with Crippen LogP contribution in [-0.2, 0) is 16.1 Å². The third-order valence-electron chi connectivity index (χ3n) is 3.42. The van der Waals surface area contributed by atoms with Crippen molar-refractivity contribution in [3.63, 3.8) is 0 Å². The first kappa shape index (κ1) is 24.1. The Kier molecular flexibility index (Phi) is 10.4. The molecule has 0 radical (unpaired) electrons. The molecule has 0 spiro atoms. The van der Waals surface area contributed by atoms with E-state index in [-0.39, 0.29) is 0 Å². The van der Waals surface area contributed by atoms with Crippen LogP contribution in [0.15, 0.2) is 64.4 Å². The fourth-order valence-electron chi connectivity index (χ4n) is 2.19. The molecule has 156 valence electrons. The number of ether oxygens (including phenoxy) is 2. The van der Waals surface area contributed by atoms with Gasteiger partial charge in [-0.1, -0.05) is 30.0 Å². The second-order valence-electron chi connectivity index (χ2n) is 5.97. The van der Waals surface area contributed by atoms with Crippen molar-refractivity contribution in [1.29, 1.82) is 0 Å². The van der Waals surface area contributed by atoms with Gasteiger partial charge in [0.15, 0.2) is 0 Å². The molecule has 2 aromatic carbocycles. The number of carboxylic acid groups (broad SMARTS) is 2. The molecule has 2 aromatic rings. The monoisotopic (exact) mass is 419 g/mol. The molecule has 0 aliphatic carbocycles. The standard InChI is InChI=1S/C17H21NO2S.C4H4O4/c1-18(2)12-13-7-5-6-8-16(13)21-17-10-9-14(19-3)11-15(17)20-4;5-3(6)1-2-4(7)8/h5-11H,12H2,1-4H3;1-2H,(H,5,6)(H,7,8)/b;2-1-. The quantitative estimate of drug-likeness (QED) is 0.626. The summed E-state index contributed by atoms with van der Waals surface area (Å²) in [7, 11) is 7.50. The Hall–Kier alpha value is -2.97. The van der Waals surface area contributed by atoms with Gasteiger partial charge in [0.1, 0.15) is 11.5 Å². The molecule has 0 heterocycles. The van der Waals surface area contributed by atoms with Crippen LogP contribution >= 0.6 is 11.8 Å². The molecular formula is C21H25NO6S. The van der Waals surface area contributed by atoms with Crippen molar-refractivity contribution >= 4 is 23.7 Å². The molecule has 0 aliphatic heterocycles. The first-order valence-electron chi connectivity index (χ1n) is 8.53. The first-order valence-corrected chi connectivity index (χ1v) is 9.35. The van der Waals surface area contributed by atoms with Crippen LogP contribution in [0.4, 0.5) is 0 Å². The van der Waals surface area contributed by atoms with Gasteiger partial charge in [0.05, 0.1) is 19.1 Å². The molecule has 2 rings (SSSR count). The fourth-order valence-corrected chi connectivity index (χ4v) is 3.22. The molecule has 8 heteroatoms. The zero-order valence-corrected chi connectivity index (χ0v) is 17.6. The number of benzene rings is 2. The largest absolute Gasteiger partial charge is 0.497 e. The van der Waals surface area contributed by atoms with Gasteiger partial charge in [-0.25, -0.2) is 9.59 Å². The van der Waals surface area contributed by atoms with Crippen LogP contribution in [0, 0.1) is 0 Å². The van der Waals surface area contributed by atoms with Crippen molar-refractivity contribution in [2.75, 3.05) is 28.3 Å². The van der Waals surface area contributed by atoms with Crippen molar-refractivity contribution in [3.8, 4) is 11.5 Å². The number of carbonyl (C=O) groups is 2. The summed E-state index contributed by atoms with van der Waals surface area (Å²) in [4.78, 5) is 23.6. The van der Waals surface area contributed by atoms with Gasteiger partial charge in [-0.3, -0.25) is 0 Å². The molecule has 0 amide bonds. The van der Waals surface area contributed by atoms with Crippen molar-refractivity contribution in [2.24, 2.45) is 0 Å². The van der Waals surface area contributed by atoms with Crippen LogP contribution in [0.25, 0.3) is 0 Å². The van der Waals surface area contributed by atoms with Gasteiger partial charge < -0.3 is 24.6 Å². The van der Waals surface area contributed by atoms with Gasteiger partial charge in [-0.05, 0) is 37.9 Å². The molecule has 0 unspecified atom stereocenters. The van der Waals surface area contributed by atoms with E-state index in [1.807, 2.05) is 18.2 Å². The van der Waals surface area contributed by atoms with E-state index in [0.717, 1.165) is 22.9 Å². The fraction of sp³-hybridized carbons (Fsp3) is 0.238. The average molecular weight is 419 g/mol. The maximum absolute atomic E-state index is 9.55. The van der Waals surface area contributed by atoms with Crippen molar-refractivity contribution in [1.82, 2.24) is 4.90 Å². The van der Waals surface area contributed by atoms with E-state index in [1.54, 1.807) is 26.0 Å². The van der Waals surface area contributed by atoms with Crippen molar-refractivity contribution < 1.29 is 29.3 Å². The maximum atomic E-state index is 9.55. The molecule has 0 aromatic heterocycles. The summed E-state index contributed by atoms with van der Waals surface area (Å²) in [6.07, 6.45) is 1.12. The van der Waals surface area contributed by atoms with E-state index >= 15 is 0 Å². The highest BCUT2D eigenvalue weighted by molar-refractivity contribution is 7.99. The number of methoxy groups -OCH3 is 2. The SMILES string of the molecule is COc1ccc(Sc2ccccc2CN(C)C)c(OC)c1.O=C(O)/C=C\C(=O)O. The van der Waals surface area contributed by atoms with Crippen LogP contribution in [0.5, 0.6) is 11.5 Å². The Balaban J connectivity index is 0.000000447. The summed E-state index contributed by atoms with van der Waals surface area (Å²) in [6.45, 7) is 0.918. The lowest BCUT2D eigenvalue weighted by atomic mass is 10.2. The number of hydrogen-bond acceptors (Lipinski definition) is 6. The average Bonchev–Trinajstić information content (AvgIpc) is 2.68. The number of nitrogens with zero attached hydrogens (tertiary/aromatic N) is 1. The van der Waals surface area contributed by atoms with E-state index < -0.39 is 11.9 Å². The third-order valence-corrected chi connectivity index (χ3v) is 4.59. The number of rotatable bonds is 8. The normalized spacial score (nSPS) is 10.4. The number of aliphatic carboxylic acids is 2. The Morgan fingerprint density at radius 1 is 0.966 bits per heavy atom. The van der Waals surface area contributed by atoms with Gasteiger partial charge in [0, 0.05) is 29.7 Å². The Bertz CT molecular complexity index is 835. The van der Waals surface area contributed by atoms with Crippen LogP contribution in [0.1, 0.15) is 5.56 Å². The van der Waals surface area contributed by atoms with E-state index in [9.17, 15) is 9.59 Å². The summed E-state index contributed by atoms with van der Waals surface area (Å²) >= 11 is 1.72. The van der Waals surface area contributed by atoms with Crippen LogP contribution < -0.4 is 9.47 Å². The second kappa shape index (κ2) is 12.5. The van der Waals surface area contributed by atoms with Crippen molar-refractivity contribution in [2.45, 2.75) is 16.3 Å². The van der Waals surface area contributed by atoms with Crippen molar-refractivity contribution in [3.05, 3.63) is 60.2 Å².